The molecule has 0 saturated carbocycles. The smallest absolute Gasteiger partial charge is 0.194 e. The van der Waals surface area contributed by atoms with Crippen molar-refractivity contribution in [1.29, 1.82) is 0 Å². The van der Waals surface area contributed by atoms with E-state index in [1.54, 1.807) is 14.2 Å². The molecule has 158 valence electrons. The van der Waals surface area contributed by atoms with Crippen LogP contribution in [0.25, 0.3) is 0 Å². The fraction of sp³-hybridized carbons (Fsp3) is 0.167. The van der Waals surface area contributed by atoms with Gasteiger partial charge in [0.15, 0.2) is 16.6 Å². The van der Waals surface area contributed by atoms with E-state index in [1.165, 1.54) is 0 Å². The van der Waals surface area contributed by atoms with Gasteiger partial charge in [-0.25, -0.2) is 5.01 Å². The van der Waals surface area contributed by atoms with Crippen molar-refractivity contribution in [1.82, 2.24) is 5.01 Å². The lowest BCUT2D eigenvalue weighted by Gasteiger charge is -2.26. The zero-order valence-corrected chi connectivity index (χ0v) is 19.6. The predicted molar refractivity (Wildman–Crippen MR) is 132 cm³/mol. The van der Waals surface area contributed by atoms with E-state index in [0.717, 1.165) is 27.0 Å². The second-order valence-corrected chi connectivity index (χ2v) is 8.30. The SMILES string of the molecule is COc1cccc(C2CC(c3ccc(Br)cc3)=NN2C(=S)Nc2ccccc2)c1OC. The topological polar surface area (TPSA) is 46.1 Å². The van der Waals surface area contributed by atoms with Gasteiger partial charge in [-0.15, -0.1) is 0 Å². The van der Waals surface area contributed by atoms with Gasteiger partial charge in [0.25, 0.3) is 0 Å². The second kappa shape index (κ2) is 9.49. The van der Waals surface area contributed by atoms with Gasteiger partial charge in [-0.05, 0) is 48.1 Å². The van der Waals surface area contributed by atoms with E-state index in [-0.39, 0.29) is 6.04 Å². The van der Waals surface area contributed by atoms with E-state index in [4.69, 9.17) is 26.8 Å². The fourth-order valence-corrected chi connectivity index (χ4v) is 4.18. The molecule has 0 fully saturated rings. The van der Waals surface area contributed by atoms with Crippen molar-refractivity contribution in [2.75, 3.05) is 19.5 Å². The average Bonchev–Trinajstić information content (AvgIpc) is 3.25. The number of ether oxygens (including phenoxy) is 2. The van der Waals surface area contributed by atoms with E-state index < -0.39 is 0 Å². The van der Waals surface area contributed by atoms with E-state index in [1.807, 2.05) is 65.7 Å². The number of hydrogen-bond donors (Lipinski definition) is 1. The van der Waals surface area contributed by atoms with Crippen molar-refractivity contribution < 1.29 is 9.47 Å². The summed E-state index contributed by atoms with van der Waals surface area (Å²) in [5.41, 5.74) is 3.89. The number of hydrogen-bond acceptors (Lipinski definition) is 4. The van der Waals surface area contributed by atoms with Crippen LogP contribution in [0.2, 0.25) is 0 Å². The summed E-state index contributed by atoms with van der Waals surface area (Å²) in [6, 6.07) is 23.7. The highest BCUT2D eigenvalue weighted by molar-refractivity contribution is 9.10. The first-order chi connectivity index (χ1) is 15.1. The Morgan fingerprint density at radius 1 is 1.00 bits per heavy atom. The number of nitrogens with one attached hydrogen (secondary N) is 1. The molecule has 1 atom stereocenters. The third kappa shape index (κ3) is 4.57. The maximum absolute atomic E-state index is 5.77. The molecule has 0 amide bonds. The normalized spacial score (nSPS) is 15.4. The molecule has 1 N–H and O–H groups in total. The molecule has 3 aromatic rings. The number of benzene rings is 3. The zero-order valence-electron chi connectivity index (χ0n) is 17.2. The highest BCUT2D eigenvalue weighted by atomic mass is 79.9. The molecule has 0 spiro atoms. The summed E-state index contributed by atoms with van der Waals surface area (Å²) >= 11 is 9.26. The minimum atomic E-state index is -0.132. The Bertz CT molecular complexity index is 1100. The third-order valence-electron chi connectivity index (χ3n) is 5.11. The molecule has 1 aliphatic heterocycles. The van der Waals surface area contributed by atoms with Crippen LogP contribution in [0.4, 0.5) is 5.69 Å². The van der Waals surface area contributed by atoms with E-state index >= 15 is 0 Å². The Labute approximate surface area is 195 Å². The van der Waals surface area contributed by atoms with Crippen LogP contribution in [-0.2, 0) is 0 Å². The summed E-state index contributed by atoms with van der Waals surface area (Å²) in [5, 5.41) is 10.6. The van der Waals surface area contributed by atoms with Gasteiger partial charge in [0.05, 0.1) is 26.0 Å². The third-order valence-corrected chi connectivity index (χ3v) is 5.93. The molecule has 0 aromatic heterocycles. The number of thiocarbonyl (C=S) groups is 1. The summed E-state index contributed by atoms with van der Waals surface area (Å²) in [4.78, 5) is 0. The molecule has 5 nitrogen and oxygen atoms in total. The summed E-state index contributed by atoms with van der Waals surface area (Å²) in [5.74, 6) is 1.37. The van der Waals surface area contributed by atoms with Gasteiger partial charge in [-0.3, -0.25) is 0 Å². The standard InChI is InChI=1S/C24H22BrN3O2S/c1-29-22-10-6-9-19(23(22)30-2)21-15-20(16-11-13-17(25)14-12-16)27-28(21)24(31)26-18-7-4-3-5-8-18/h3-14,21H,15H2,1-2H3,(H,26,31). The summed E-state index contributed by atoms with van der Waals surface area (Å²) in [6.07, 6.45) is 0.682. The van der Waals surface area contributed by atoms with Crippen molar-refractivity contribution >= 4 is 44.7 Å². The Kier molecular flexibility index (Phi) is 6.53. The summed E-state index contributed by atoms with van der Waals surface area (Å²) in [7, 11) is 3.29. The number of methoxy groups -OCH3 is 2. The number of nitrogens with zero attached hydrogens (tertiary/aromatic N) is 2. The van der Waals surface area contributed by atoms with Gasteiger partial charge in [-0.1, -0.05) is 58.4 Å². The van der Waals surface area contributed by atoms with Crippen LogP contribution in [0.3, 0.4) is 0 Å². The lowest BCUT2D eigenvalue weighted by atomic mass is 9.97. The molecule has 4 rings (SSSR count). The highest BCUT2D eigenvalue weighted by Crippen LogP contribution is 2.42. The fourth-order valence-electron chi connectivity index (χ4n) is 3.63. The largest absolute Gasteiger partial charge is 0.493 e. The van der Waals surface area contributed by atoms with Gasteiger partial charge in [0.1, 0.15) is 0 Å². The van der Waals surface area contributed by atoms with E-state index in [0.29, 0.717) is 23.0 Å². The Balaban J connectivity index is 1.72. The van der Waals surface area contributed by atoms with Crippen LogP contribution >= 0.6 is 28.1 Å². The molecule has 31 heavy (non-hydrogen) atoms. The number of para-hydroxylation sites is 2. The van der Waals surface area contributed by atoms with Crippen LogP contribution in [0.15, 0.2) is 82.4 Å². The van der Waals surface area contributed by atoms with Crippen molar-refractivity contribution in [2.45, 2.75) is 12.5 Å². The monoisotopic (exact) mass is 495 g/mol. The summed E-state index contributed by atoms with van der Waals surface area (Å²) in [6.45, 7) is 0. The lowest BCUT2D eigenvalue weighted by molar-refractivity contribution is 0.327. The minimum absolute atomic E-state index is 0.132. The second-order valence-electron chi connectivity index (χ2n) is 7.00. The van der Waals surface area contributed by atoms with E-state index in [2.05, 4.69) is 33.4 Å². The molecule has 0 radical (unpaired) electrons. The quantitative estimate of drug-likeness (QED) is 0.438. The molecule has 1 unspecified atom stereocenters. The van der Waals surface area contributed by atoms with Gasteiger partial charge >= 0.3 is 0 Å². The van der Waals surface area contributed by atoms with Crippen LogP contribution < -0.4 is 14.8 Å². The lowest BCUT2D eigenvalue weighted by Crippen LogP contribution is -2.31. The maximum Gasteiger partial charge on any atom is 0.194 e. The average molecular weight is 496 g/mol. The number of halogens is 1. The molecule has 0 saturated heterocycles. The first kappa shape index (κ1) is 21.3. The number of hydrazone groups is 1. The first-order valence-corrected chi connectivity index (χ1v) is 11.0. The van der Waals surface area contributed by atoms with Gasteiger partial charge in [0.2, 0.25) is 0 Å². The van der Waals surface area contributed by atoms with Crippen LogP contribution in [0, 0.1) is 0 Å². The molecule has 1 heterocycles. The Hall–Kier alpha value is -2.90. The van der Waals surface area contributed by atoms with Crippen molar-refractivity contribution in [2.24, 2.45) is 5.10 Å². The molecule has 0 aliphatic carbocycles. The van der Waals surface area contributed by atoms with E-state index in [9.17, 15) is 0 Å². The van der Waals surface area contributed by atoms with Gasteiger partial charge in [0, 0.05) is 22.1 Å². The van der Waals surface area contributed by atoms with Crippen LogP contribution in [0.1, 0.15) is 23.6 Å². The molecule has 7 heteroatoms. The zero-order chi connectivity index (χ0) is 21.8. The minimum Gasteiger partial charge on any atom is -0.493 e. The predicted octanol–water partition coefficient (Wildman–Crippen LogP) is 6.01. The van der Waals surface area contributed by atoms with Crippen molar-refractivity contribution in [3.8, 4) is 11.5 Å². The molecule has 0 bridgehead atoms. The van der Waals surface area contributed by atoms with Crippen LogP contribution in [-0.4, -0.2) is 30.1 Å². The molecule has 1 aliphatic rings. The number of anilines is 1. The van der Waals surface area contributed by atoms with Gasteiger partial charge in [-0.2, -0.15) is 5.10 Å². The highest BCUT2D eigenvalue weighted by Gasteiger charge is 2.34. The Morgan fingerprint density at radius 3 is 2.42 bits per heavy atom. The Morgan fingerprint density at radius 2 is 1.74 bits per heavy atom. The maximum atomic E-state index is 5.77. The number of rotatable bonds is 5. The van der Waals surface area contributed by atoms with Crippen molar-refractivity contribution in [3.05, 3.63) is 88.4 Å². The van der Waals surface area contributed by atoms with Crippen LogP contribution in [0.5, 0.6) is 11.5 Å². The molecular weight excluding hydrogens is 474 g/mol. The first-order valence-electron chi connectivity index (χ1n) is 9.80. The molecular formula is C24H22BrN3O2S. The van der Waals surface area contributed by atoms with Crippen molar-refractivity contribution in [3.63, 3.8) is 0 Å². The van der Waals surface area contributed by atoms with Gasteiger partial charge < -0.3 is 14.8 Å². The summed E-state index contributed by atoms with van der Waals surface area (Å²) < 4.78 is 12.3. The molecule has 3 aromatic carbocycles.